The Labute approximate surface area is 154 Å². The first-order valence-corrected chi connectivity index (χ1v) is 8.27. The summed E-state index contributed by atoms with van der Waals surface area (Å²) in [5, 5.41) is 15.3. The van der Waals surface area contributed by atoms with Crippen LogP contribution >= 0.6 is 0 Å². The molecule has 1 N–H and O–H groups in total. The summed E-state index contributed by atoms with van der Waals surface area (Å²) in [5.41, 5.74) is 6.69. The maximum atomic E-state index is 12.2. The zero-order valence-corrected chi connectivity index (χ0v) is 14.5. The number of benzene rings is 2. The van der Waals surface area contributed by atoms with Crippen molar-refractivity contribution in [3.8, 4) is 5.69 Å². The summed E-state index contributed by atoms with van der Waals surface area (Å²) in [4.78, 5) is 16.5. The number of nitrogens with zero attached hydrogens (tertiary/aromatic N) is 7. The van der Waals surface area contributed by atoms with Crippen LogP contribution in [0.1, 0.15) is 12.5 Å². The van der Waals surface area contributed by atoms with Crippen molar-refractivity contribution in [1.29, 1.82) is 0 Å². The van der Waals surface area contributed by atoms with E-state index >= 15 is 0 Å². The number of tetrazole rings is 1. The number of hydrogen-bond donors (Lipinski definition) is 1. The molecule has 2 aromatic heterocycles. The predicted octanol–water partition coefficient (Wildman–Crippen LogP) is 1.55. The molecule has 0 saturated heterocycles. The Morgan fingerprint density at radius 3 is 2.89 bits per heavy atom. The standard InChI is InChI=1S/C18H16N8O/c1-13(14-5-4-6-15(9-14)26-12-20-23-24-26)21-22-18(27)10-25-11-19-16-7-2-3-8-17(16)25/h2-9,11-12H,10H2,1H3,(H,22,27)/b21-13-. The van der Waals surface area contributed by atoms with Gasteiger partial charge in [0.15, 0.2) is 0 Å². The molecule has 1 amide bonds. The molecule has 2 heterocycles. The van der Waals surface area contributed by atoms with Crippen LogP contribution < -0.4 is 5.43 Å². The quantitative estimate of drug-likeness (QED) is 0.430. The maximum Gasteiger partial charge on any atom is 0.260 e. The second-order valence-electron chi connectivity index (χ2n) is 5.90. The third-order valence-electron chi connectivity index (χ3n) is 4.07. The molecule has 0 bridgehead atoms. The molecule has 27 heavy (non-hydrogen) atoms. The lowest BCUT2D eigenvalue weighted by atomic mass is 10.1. The van der Waals surface area contributed by atoms with Gasteiger partial charge in [-0.3, -0.25) is 4.79 Å². The first-order chi connectivity index (χ1) is 13.2. The molecule has 4 rings (SSSR count). The number of amides is 1. The van der Waals surface area contributed by atoms with Gasteiger partial charge in [0.1, 0.15) is 12.9 Å². The lowest BCUT2D eigenvalue weighted by Gasteiger charge is -2.06. The van der Waals surface area contributed by atoms with E-state index < -0.39 is 0 Å². The van der Waals surface area contributed by atoms with Gasteiger partial charge in [-0.05, 0) is 47.2 Å². The number of rotatable bonds is 5. The molecule has 9 heteroatoms. The van der Waals surface area contributed by atoms with Gasteiger partial charge in [-0.15, -0.1) is 5.10 Å². The number of carbonyl (C=O) groups is 1. The van der Waals surface area contributed by atoms with E-state index in [1.165, 1.54) is 6.33 Å². The Morgan fingerprint density at radius 1 is 1.15 bits per heavy atom. The van der Waals surface area contributed by atoms with Gasteiger partial charge in [-0.2, -0.15) is 5.10 Å². The Hall–Kier alpha value is -3.88. The number of para-hydroxylation sites is 2. The van der Waals surface area contributed by atoms with E-state index in [9.17, 15) is 4.79 Å². The van der Waals surface area contributed by atoms with Crippen LogP contribution in [0.3, 0.4) is 0 Å². The van der Waals surface area contributed by atoms with E-state index in [0.29, 0.717) is 5.71 Å². The van der Waals surface area contributed by atoms with Crippen molar-refractivity contribution in [2.24, 2.45) is 5.10 Å². The van der Waals surface area contributed by atoms with E-state index in [-0.39, 0.29) is 12.5 Å². The Kier molecular flexibility index (Phi) is 4.40. The minimum Gasteiger partial charge on any atom is -0.321 e. The van der Waals surface area contributed by atoms with Gasteiger partial charge >= 0.3 is 0 Å². The van der Waals surface area contributed by atoms with Gasteiger partial charge in [0, 0.05) is 0 Å². The molecule has 0 radical (unpaired) electrons. The Balaban J connectivity index is 1.46. The molecule has 9 nitrogen and oxygen atoms in total. The van der Waals surface area contributed by atoms with Crippen LogP contribution in [-0.2, 0) is 11.3 Å². The van der Waals surface area contributed by atoms with Crippen molar-refractivity contribution in [1.82, 2.24) is 35.2 Å². The predicted molar refractivity (Wildman–Crippen MR) is 99.2 cm³/mol. The highest BCUT2D eigenvalue weighted by molar-refractivity contribution is 5.99. The molecule has 0 saturated carbocycles. The summed E-state index contributed by atoms with van der Waals surface area (Å²) in [7, 11) is 0. The summed E-state index contributed by atoms with van der Waals surface area (Å²) >= 11 is 0. The minimum absolute atomic E-state index is 0.141. The summed E-state index contributed by atoms with van der Waals surface area (Å²) < 4.78 is 3.34. The molecule has 134 valence electrons. The number of nitrogens with one attached hydrogen (secondary N) is 1. The Bertz CT molecular complexity index is 1110. The third-order valence-corrected chi connectivity index (χ3v) is 4.07. The number of fused-ring (bicyclic) bond motifs is 1. The highest BCUT2D eigenvalue weighted by atomic mass is 16.2. The number of carbonyl (C=O) groups excluding carboxylic acids is 1. The molecule has 4 aromatic rings. The van der Waals surface area contributed by atoms with Crippen LogP contribution in [-0.4, -0.2) is 41.4 Å². The summed E-state index contributed by atoms with van der Waals surface area (Å²) in [6.07, 6.45) is 3.17. The SMILES string of the molecule is C/C(=N/NC(=O)Cn1cnc2ccccc21)c1cccc(-n2cnnn2)c1. The molecule has 0 fully saturated rings. The number of imidazole rings is 1. The van der Waals surface area contributed by atoms with Crippen LogP contribution in [0, 0.1) is 0 Å². The number of hydrazone groups is 1. The average molecular weight is 360 g/mol. The van der Waals surface area contributed by atoms with E-state index in [1.54, 1.807) is 15.6 Å². The Morgan fingerprint density at radius 2 is 2.04 bits per heavy atom. The topological polar surface area (TPSA) is 103 Å². The van der Waals surface area contributed by atoms with Crippen molar-refractivity contribution in [3.05, 3.63) is 66.7 Å². The van der Waals surface area contributed by atoms with Crippen molar-refractivity contribution < 1.29 is 4.79 Å². The fourth-order valence-corrected chi connectivity index (χ4v) is 2.69. The van der Waals surface area contributed by atoms with Crippen LogP contribution in [0.2, 0.25) is 0 Å². The van der Waals surface area contributed by atoms with Crippen LogP contribution in [0.5, 0.6) is 0 Å². The van der Waals surface area contributed by atoms with Gasteiger partial charge in [0.05, 0.1) is 28.8 Å². The van der Waals surface area contributed by atoms with Gasteiger partial charge < -0.3 is 4.57 Å². The lowest BCUT2D eigenvalue weighted by molar-refractivity contribution is -0.121. The van der Waals surface area contributed by atoms with Gasteiger partial charge in [-0.25, -0.2) is 15.1 Å². The van der Waals surface area contributed by atoms with Gasteiger partial charge in [0.25, 0.3) is 5.91 Å². The molecule has 0 aliphatic heterocycles. The third kappa shape index (κ3) is 3.56. The first-order valence-electron chi connectivity index (χ1n) is 8.27. The normalized spacial score (nSPS) is 11.7. The number of hydrogen-bond acceptors (Lipinski definition) is 6. The number of aromatic nitrogens is 6. The van der Waals surface area contributed by atoms with Crippen LogP contribution in [0.25, 0.3) is 16.7 Å². The molecule has 0 atom stereocenters. The zero-order chi connectivity index (χ0) is 18.6. The fraction of sp³-hybridized carbons (Fsp3) is 0.111. The largest absolute Gasteiger partial charge is 0.321 e. The zero-order valence-electron chi connectivity index (χ0n) is 14.5. The maximum absolute atomic E-state index is 12.2. The smallest absolute Gasteiger partial charge is 0.260 e. The molecule has 0 aliphatic rings. The average Bonchev–Trinajstić information content (AvgIpc) is 3.37. The van der Waals surface area contributed by atoms with E-state index in [0.717, 1.165) is 22.3 Å². The highest BCUT2D eigenvalue weighted by Gasteiger charge is 2.07. The molecule has 2 aromatic carbocycles. The first kappa shape index (κ1) is 16.6. The summed E-state index contributed by atoms with van der Waals surface area (Å²) in [6, 6.07) is 15.2. The van der Waals surface area contributed by atoms with Crippen molar-refractivity contribution in [3.63, 3.8) is 0 Å². The lowest BCUT2D eigenvalue weighted by Crippen LogP contribution is -2.24. The van der Waals surface area contributed by atoms with Crippen LogP contribution in [0.15, 0.2) is 66.3 Å². The molecular formula is C18H16N8O. The van der Waals surface area contributed by atoms with Crippen molar-refractivity contribution in [2.45, 2.75) is 13.5 Å². The van der Waals surface area contributed by atoms with Crippen LogP contribution in [0.4, 0.5) is 0 Å². The molecular weight excluding hydrogens is 344 g/mol. The molecule has 0 aliphatic carbocycles. The van der Waals surface area contributed by atoms with Crippen molar-refractivity contribution in [2.75, 3.05) is 0 Å². The van der Waals surface area contributed by atoms with E-state index in [2.05, 4.69) is 31.0 Å². The monoisotopic (exact) mass is 360 g/mol. The highest BCUT2D eigenvalue weighted by Crippen LogP contribution is 2.12. The molecule has 0 spiro atoms. The summed E-state index contributed by atoms with van der Waals surface area (Å²) in [5.74, 6) is -0.228. The van der Waals surface area contributed by atoms with Crippen molar-refractivity contribution >= 4 is 22.7 Å². The minimum atomic E-state index is -0.228. The molecule has 0 unspecified atom stereocenters. The second kappa shape index (κ2) is 7.16. The van der Waals surface area contributed by atoms with Gasteiger partial charge in [-0.1, -0.05) is 24.3 Å². The summed E-state index contributed by atoms with van der Waals surface area (Å²) in [6.45, 7) is 1.97. The van der Waals surface area contributed by atoms with E-state index in [4.69, 9.17) is 0 Å². The fourth-order valence-electron chi connectivity index (χ4n) is 2.69. The van der Waals surface area contributed by atoms with E-state index in [1.807, 2.05) is 55.5 Å². The second-order valence-corrected chi connectivity index (χ2v) is 5.90. The van der Waals surface area contributed by atoms with Gasteiger partial charge in [0.2, 0.25) is 0 Å².